The van der Waals surface area contributed by atoms with Gasteiger partial charge in [-0.05, 0) is 24.1 Å². The molecule has 1 rings (SSSR count). The lowest BCUT2D eigenvalue weighted by molar-refractivity contribution is 0.373. The van der Waals surface area contributed by atoms with Gasteiger partial charge in [-0.15, -0.1) is 0 Å². The third kappa shape index (κ3) is 2.93. The molecule has 0 bridgehead atoms. The third-order valence-electron chi connectivity index (χ3n) is 2.05. The van der Waals surface area contributed by atoms with Gasteiger partial charge in [-0.1, -0.05) is 11.6 Å². The molecule has 0 saturated heterocycles. The van der Waals surface area contributed by atoms with Gasteiger partial charge in [0.2, 0.25) is 9.05 Å². The Morgan fingerprint density at radius 2 is 2.06 bits per heavy atom. The highest BCUT2D eigenvalue weighted by Gasteiger charge is 2.19. The van der Waals surface area contributed by atoms with Crippen LogP contribution in [0.2, 0.25) is 5.02 Å². The minimum Gasteiger partial charge on any atom is -0.504 e. The van der Waals surface area contributed by atoms with E-state index in [1.165, 1.54) is 13.2 Å². The standard InChI is InChI=1S/C9H10Cl2O4S/c1-5-3-7(12)9(15-2)8(10)6(5)4-16(11,13)14/h3,12H,4H2,1-2H3. The van der Waals surface area contributed by atoms with Crippen LogP contribution in [0.5, 0.6) is 11.5 Å². The molecule has 7 heteroatoms. The average Bonchev–Trinajstić information content (AvgIpc) is 2.11. The lowest BCUT2D eigenvalue weighted by Crippen LogP contribution is -2.00. The lowest BCUT2D eigenvalue weighted by Gasteiger charge is -2.12. The van der Waals surface area contributed by atoms with Crippen LogP contribution in [-0.4, -0.2) is 20.6 Å². The molecule has 0 aliphatic rings. The zero-order chi connectivity index (χ0) is 12.5. The van der Waals surface area contributed by atoms with Gasteiger partial charge in [-0.3, -0.25) is 0 Å². The maximum atomic E-state index is 11.0. The normalized spacial score (nSPS) is 11.5. The van der Waals surface area contributed by atoms with Crippen LogP contribution in [0, 0.1) is 6.92 Å². The number of phenolic OH excluding ortho intramolecular Hbond substituents is 1. The Balaban J connectivity index is 3.40. The number of halogens is 2. The number of hydrogen-bond acceptors (Lipinski definition) is 4. The van der Waals surface area contributed by atoms with Gasteiger partial charge in [-0.25, -0.2) is 8.42 Å². The van der Waals surface area contributed by atoms with E-state index in [1.54, 1.807) is 6.92 Å². The molecular weight excluding hydrogens is 275 g/mol. The summed E-state index contributed by atoms with van der Waals surface area (Å²) in [4.78, 5) is 0. The highest BCUT2D eigenvalue weighted by Crippen LogP contribution is 2.39. The van der Waals surface area contributed by atoms with E-state index in [0.29, 0.717) is 11.1 Å². The molecule has 0 fully saturated rings. The van der Waals surface area contributed by atoms with E-state index in [4.69, 9.17) is 27.0 Å². The predicted octanol–water partition coefficient (Wildman–Crippen LogP) is 2.43. The second kappa shape index (κ2) is 4.69. The van der Waals surface area contributed by atoms with Gasteiger partial charge in [0, 0.05) is 10.7 Å². The molecule has 1 N–H and O–H groups in total. The molecule has 90 valence electrons. The number of methoxy groups -OCH3 is 1. The summed E-state index contributed by atoms with van der Waals surface area (Å²) in [5, 5.41) is 9.56. The van der Waals surface area contributed by atoms with Crippen molar-refractivity contribution in [2.24, 2.45) is 0 Å². The van der Waals surface area contributed by atoms with Crippen molar-refractivity contribution in [3.05, 3.63) is 22.2 Å². The van der Waals surface area contributed by atoms with E-state index in [9.17, 15) is 13.5 Å². The van der Waals surface area contributed by atoms with Crippen LogP contribution in [-0.2, 0) is 14.8 Å². The molecule has 0 unspecified atom stereocenters. The van der Waals surface area contributed by atoms with Crippen molar-refractivity contribution < 1.29 is 18.3 Å². The Labute approximate surface area is 103 Å². The van der Waals surface area contributed by atoms with Gasteiger partial charge in [-0.2, -0.15) is 0 Å². The molecule has 0 aliphatic heterocycles. The Morgan fingerprint density at radius 3 is 2.50 bits per heavy atom. The van der Waals surface area contributed by atoms with Crippen molar-refractivity contribution in [2.45, 2.75) is 12.7 Å². The van der Waals surface area contributed by atoms with Crippen LogP contribution in [0.3, 0.4) is 0 Å². The molecule has 0 heterocycles. The van der Waals surface area contributed by atoms with E-state index in [2.05, 4.69) is 0 Å². The number of aryl methyl sites for hydroxylation is 1. The van der Waals surface area contributed by atoms with Crippen LogP contribution < -0.4 is 4.74 Å². The van der Waals surface area contributed by atoms with Gasteiger partial charge >= 0.3 is 0 Å². The van der Waals surface area contributed by atoms with Crippen molar-refractivity contribution in [1.29, 1.82) is 0 Å². The lowest BCUT2D eigenvalue weighted by atomic mass is 10.1. The number of phenols is 1. The summed E-state index contributed by atoms with van der Waals surface area (Å²) in [5.74, 6) is -0.501. The minimum absolute atomic E-state index is 0.0441. The highest BCUT2D eigenvalue weighted by molar-refractivity contribution is 8.13. The van der Waals surface area contributed by atoms with Gasteiger partial charge in [0.25, 0.3) is 0 Å². The van der Waals surface area contributed by atoms with Gasteiger partial charge < -0.3 is 9.84 Å². The first-order valence-corrected chi connectivity index (χ1v) is 7.09. The summed E-state index contributed by atoms with van der Waals surface area (Å²) in [6.45, 7) is 1.63. The van der Waals surface area contributed by atoms with E-state index in [1.807, 2.05) is 0 Å². The second-order valence-corrected chi connectivity index (χ2v) is 6.38. The smallest absolute Gasteiger partial charge is 0.236 e. The van der Waals surface area contributed by atoms with Crippen molar-refractivity contribution in [2.75, 3.05) is 7.11 Å². The number of benzene rings is 1. The average molecular weight is 285 g/mol. The van der Waals surface area contributed by atoms with Crippen LogP contribution in [0.4, 0.5) is 0 Å². The Hall–Kier alpha value is -0.650. The molecule has 0 spiro atoms. The van der Waals surface area contributed by atoms with Crippen molar-refractivity contribution in [1.82, 2.24) is 0 Å². The number of aromatic hydroxyl groups is 1. The molecule has 16 heavy (non-hydrogen) atoms. The third-order valence-corrected chi connectivity index (χ3v) is 3.41. The molecule has 0 aromatic heterocycles. The summed E-state index contributed by atoms with van der Waals surface area (Å²) in [6.07, 6.45) is 0. The molecule has 1 aromatic carbocycles. The van der Waals surface area contributed by atoms with E-state index in [0.717, 1.165) is 0 Å². The maximum absolute atomic E-state index is 11.0. The summed E-state index contributed by atoms with van der Waals surface area (Å²) < 4.78 is 26.9. The SMILES string of the molecule is COc1c(O)cc(C)c(CS(=O)(=O)Cl)c1Cl. The minimum atomic E-state index is -3.71. The molecule has 4 nitrogen and oxygen atoms in total. The van der Waals surface area contributed by atoms with Gasteiger partial charge in [0.05, 0.1) is 17.9 Å². The summed E-state index contributed by atoms with van der Waals surface area (Å²) in [6, 6.07) is 1.38. The predicted molar refractivity (Wildman–Crippen MR) is 62.9 cm³/mol. The second-order valence-electron chi connectivity index (χ2n) is 3.22. The van der Waals surface area contributed by atoms with Crippen molar-refractivity contribution in [3.63, 3.8) is 0 Å². The molecule has 0 atom stereocenters. The zero-order valence-electron chi connectivity index (χ0n) is 8.62. The Morgan fingerprint density at radius 1 is 1.50 bits per heavy atom. The summed E-state index contributed by atoms with van der Waals surface area (Å²) >= 11 is 5.92. The summed E-state index contributed by atoms with van der Waals surface area (Å²) in [5.41, 5.74) is 0.860. The quantitative estimate of drug-likeness (QED) is 0.866. The Kier molecular flexibility index (Phi) is 3.93. The largest absolute Gasteiger partial charge is 0.504 e. The monoisotopic (exact) mass is 284 g/mol. The molecular formula is C9H10Cl2O4S. The molecule has 0 aliphatic carbocycles. The number of ether oxygens (including phenoxy) is 1. The fourth-order valence-corrected chi connectivity index (χ4v) is 2.84. The van der Waals surface area contributed by atoms with Crippen LogP contribution in [0.1, 0.15) is 11.1 Å². The van der Waals surface area contributed by atoms with Crippen molar-refractivity contribution >= 4 is 31.3 Å². The Bertz CT molecular complexity index is 511. The highest BCUT2D eigenvalue weighted by atomic mass is 35.7. The number of hydrogen-bond donors (Lipinski definition) is 1. The zero-order valence-corrected chi connectivity index (χ0v) is 10.9. The van der Waals surface area contributed by atoms with Crippen LogP contribution >= 0.6 is 22.3 Å². The first-order valence-electron chi connectivity index (χ1n) is 4.23. The first kappa shape index (κ1) is 13.4. The van der Waals surface area contributed by atoms with Gasteiger partial charge in [0.1, 0.15) is 0 Å². The van der Waals surface area contributed by atoms with E-state index < -0.39 is 14.8 Å². The summed E-state index contributed by atoms with van der Waals surface area (Å²) in [7, 11) is 2.78. The van der Waals surface area contributed by atoms with Crippen LogP contribution in [0.25, 0.3) is 0 Å². The first-order chi connectivity index (χ1) is 7.26. The van der Waals surface area contributed by atoms with E-state index >= 15 is 0 Å². The fraction of sp³-hybridized carbons (Fsp3) is 0.333. The van der Waals surface area contributed by atoms with Crippen molar-refractivity contribution in [3.8, 4) is 11.5 Å². The number of rotatable bonds is 3. The molecule has 1 aromatic rings. The van der Waals surface area contributed by atoms with E-state index in [-0.39, 0.29) is 16.5 Å². The molecule has 0 radical (unpaired) electrons. The fourth-order valence-electron chi connectivity index (χ4n) is 1.32. The van der Waals surface area contributed by atoms with Crippen LogP contribution in [0.15, 0.2) is 6.07 Å². The maximum Gasteiger partial charge on any atom is 0.236 e. The topological polar surface area (TPSA) is 63.6 Å². The molecule has 0 saturated carbocycles. The molecule has 0 amide bonds. The van der Waals surface area contributed by atoms with Gasteiger partial charge in [0.15, 0.2) is 11.5 Å².